The number of nitrogens with one attached hydrogen (secondary N) is 2. The Morgan fingerprint density at radius 1 is 1.09 bits per heavy atom. The molecule has 2 amide bonds. The number of rotatable bonds is 13. The summed E-state index contributed by atoms with van der Waals surface area (Å²) < 4.78 is 23.4. The van der Waals surface area contributed by atoms with Crippen LogP contribution >= 0.6 is 0 Å². The summed E-state index contributed by atoms with van der Waals surface area (Å²) >= 11 is 0. The highest BCUT2D eigenvalue weighted by Crippen LogP contribution is 2.43. The van der Waals surface area contributed by atoms with E-state index in [1.54, 1.807) is 33.9 Å². The molecule has 3 fully saturated rings. The Hall–Kier alpha value is -2.82. The van der Waals surface area contributed by atoms with Crippen molar-refractivity contribution in [2.24, 2.45) is 11.3 Å². The van der Waals surface area contributed by atoms with Crippen molar-refractivity contribution in [3.8, 4) is 0 Å². The van der Waals surface area contributed by atoms with E-state index in [0.717, 1.165) is 24.8 Å². The molecule has 0 aliphatic carbocycles. The first-order chi connectivity index (χ1) is 20.6. The quantitative estimate of drug-likeness (QED) is 0.137. The normalized spacial score (nSPS) is 31.6. The van der Waals surface area contributed by atoms with Crippen molar-refractivity contribution < 1.29 is 38.1 Å². The van der Waals surface area contributed by atoms with Crippen LogP contribution < -0.4 is 10.6 Å². The Bertz CT molecular complexity index is 1140. The molecule has 3 aliphatic rings. The monoisotopic (exact) mass is 616 g/mol. The number of amides is 2. The van der Waals surface area contributed by atoms with Gasteiger partial charge < -0.3 is 29.6 Å². The molecular weight excluding hydrogens is 564 g/mol. The number of esters is 1. The van der Waals surface area contributed by atoms with E-state index in [-0.39, 0.29) is 72.4 Å². The zero-order chi connectivity index (χ0) is 32.7. The second-order valence-electron chi connectivity index (χ2n) is 13.5. The van der Waals surface area contributed by atoms with Gasteiger partial charge in [0.15, 0.2) is 0 Å². The highest BCUT2D eigenvalue weighted by atomic mass is 16.6. The summed E-state index contributed by atoms with van der Waals surface area (Å²) in [4.78, 5) is 48.4. The summed E-state index contributed by atoms with van der Waals surface area (Å²) in [5.41, 5.74) is 0.122. The van der Waals surface area contributed by atoms with Crippen LogP contribution in [0.25, 0.3) is 0 Å². The van der Waals surface area contributed by atoms with Gasteiger partial charge in [0.1, 0.15) is 11.9 Å². The summed E-state index contributed by atoms with van der Waals surface area (Å²) in [5, 5.41) is 5.65. The Morgan fingerprint density at radius 2 is 1.80 bits per heavy atom. The molecule has 0 aromatic rings. The fourth-order valence-electron chi connectivity index (χ4n) is 6.11. The molecule has 2 N–H and O–H groups in total. The molecule has 246 valence electrons. The Kier molecular flexibility index (Phi) is 12.5. The lowest BCUT2D eigenvalue weighted by molar-refractivity contribution is -0.143. The Labute approximate surface area is 262 Å². The van der Waals surface area contributed by atoms with Crippen LogP contribution in [0.4, 0.5) is 0 Å². The first-order valence-electron chi connectivity index (χ1n) is 15.8. The average Bonchev–Trinajstić information content (AvgIpc) is 3.67. The SMILES string of the molecule is CNC(=O)C(C)(C)CC(=O)C[C@@H]1C[C@@]2(CO2)C[C@@H](/C=C/C(C)=C/C[C@@H]2O[C@H](C)[C@H](NC(=O)/C=C\[C@H](C)OC(C)=O)C[C@@H]2C)O1. The van der Waals surface area contributed by atoms with Crippen LogP contribution in [-0.4, -0.2) is 79.4 Å². The van der Waals surface area contributed by atoms with E-state index in [9.17, 15) is 19.2 Å². The van der Waals surface area contributed by atoms with Gasteiger partial charge in [-0.25, -0.2) is 0 Å². The smallest absolute Gasteiger partial charge is 0.303 e. The summed E-state index contributed by atoms with van der Waals surface area (Å²) in [6.45, 7) is 13.4. The van der Waals surface area contributed by atoms with E-state index < -0.39 is 17.5 Å². The molecule has 1 spiro atoms. The number of epoxide rings is 1. The van der Waals surface area contributed by atoms with Crippen molar-refractivity contribution in [2.75, 3.05) is 13.7 Å². The maximum absolute atomic E-state index is 12.8. The number of Topliss-reactive ketones (excluding diaryl/α,β-unsaturated/α-hetero) is 1. The third-order valence-corrected chi connectivity index (χ3v) is 8.69. The molecule has 3 rings (SSSR count). The zero-order valence-electron chi connectivity index (χ0n) is 27.6. The Morgan fingerprint density at radius 3 is 2.43 bits per heavy atom. The standard InChI is InChI=1S/C34H52N2O8/c1-21(10-13-30-22(2)15-29(24(4)43-30)36-31(39)14-11-23(3)42-25(5)37)9-12-27-18-34(20-41-34)19-28(44-27)16-26(38)17-33(6,7)32(40)35-8/h9-12,14,22-24,27-30H,13,15-20H2,1-8H3,(H,35,40)(H,36,39)/b12-9+,14-11-,21-10+/t22-,23-,24+,27+,28+,29+,30-,34+/m0/s1. The third-order valence-electron chi connectivity index (χ3n) is 8.69. The van der Waals surface area contributed by atoms with E-state index in [0.29, 0.717) is 13.0 Å². The molecule has 0 aromatic carbocycles. The van der Waals surface area contributed by atoms with Crippen LogP contribution in [-0.2, 0) is 38.1 Å². The minimum absolute atomic E-state index is 0.0167. The van der Waals surface area contributed by atoms with E-state index in [1.807, 2.05) is 13.8 Å². The predicted octanol–water partition coefficient (Wildman–Crippen LogP) is 4.12. The van der Waals surface area contributed by atoms with Crippen molar-refractivity contribution in [3.63, 3.8) is 0 Å². The summed E-state index contributed by atoms with van der Waals surface area (Å²) in [6.07, 6.45) is 11.7. The van der Waals surface area contributed by atoms with E-state index >= 15 is 0 Å². The maximum atomic E-state index is 12.8. The molecule has 8 atom stereocenters. The lowest BCUT2D eigenvalue weighted by Crippen LogP contribution is -2.50. The van der Waals surface area contributed by atoms with Crippen LogP contribution in [0.5, 0.6) is 0 Å². The van der Waals surface area contributed by atoms with Crippen molar-refractivity contribution in [2.45, 2.75) is 129 Å². The van der Waals surface area contributed by atoms with Crippen LogP contribution in [0.2, 0.25) is 0 Å². The number of carbonyl (C=O) groups is 4. The number of allylic oxidation sites excluding steroid dienone is 2. The van der Waals surface area contributed by atoms with Gasteiger partial charge >= 0.3 is 5.97 Å². The molecular formula is C34H52N2O8. The van der Waals surface area contributed by atoms with Gasteiger partial charge in [-0.3, -0.25) is 19.2 Å². The molecule has 10 nitrogen and oxygen atoms in total. The van der Waals surface area contributed by atoms with Crippen LogP contribution in [0, 0.1) is 11.3 Å². The first-order valence-corrected chi connectivity index (χ1v) is 15.8. The molecule has 0 aromatic heterocycles. The van der Waals surface area contributed by atoms with Gasteiger partial charge in [0.25, 0.3) is 0 Å². The summed E-state index contributed by atoms with van der Waals surface area (Å²) in [6, 6.07) is -0.109. The molecule has 0 unspecified atom stereocenters. The average molecular weight is 617 g/mol. The number of hydrogen-bond acceptors (Lipinski definition) is 8. The van der Waals surface area contributed by atoms with Crippen LogP contribution in [0.1, 0.15) is 87.0 Å². The highest BCUT2D eigenvalue weighted by Gasteiger charge is 2.51. The fraction of sp³-hybridized carbons (Fsp3) is 0.706. The molecule has 0 radical (unpaired) electrons. The van der Waals surface area contributed by atoms with Crippen LogP contribution in [0.15, 0.2) is 36.0 Å². The number of ketones is 1. The summed E-state index contributed by atoms with van der Waals surface area (Å²) in [5.74, 6) is -0.514. The molecule has 0 bridgehead atoms. The molecule has 3 aliphatic heterocycles. The molecule has 0 saturated carbocycles. The van der Waals surface area contributed by atoms with Crippen molar-refractivity contribution in [1.29, 1.82) is 0 Å². The minimum Gasteiger partial charge on any atom is -0.459 e. The second-order valence-corrected chi connectivity index (χ2v) is 13.5. The Balaban J connectivity index is 1.48. The molecule has 10 heteroatoms. The lowest BCUT2D eigenvalue weighted by Gasteiger charge is -2.39. The van der Waals surface area contributed by atoms with Gasteiger partial charge in [-0.2, -0.15) is 0 Å². The van der Waals surface area contributed by atoms with Gasteiger partial charge in [-0.15, -0.1) is 0 Å². The second kappa shape index (κ2) is 15.5. The number of ether oxygens (including phenoxy) is 4. The maximum Gasteiger partial charge on any atom is 0.303 e. The molecule has 3 heterocycles. The molecule has 3 saturated heterocycles. The van der Waals surface area contributed by atoms with Gasteiger partial charge in [-0.05, 0) is 45.6 Å². The predicted molar refractivity (Wildman–Crippen MR) is 167 cm³/mol. The van der Waals surface area contributed by atoms with Gasteiger partial charge in [0.2, 0.25) is 11.8 Å². The third kappa shape index (κ3) is 11.0. The largest absolute Gasteiger partial charge is 0.459 e. The van der Waals surface area contributed by atoms with Gasteiger partial charge in [-0.1, -0.05) is 44.6 Å². The minimum atomic E-state index is -0.759. The number of hydrogen-bond donors (Lipinski definition) is 2. The fourth-order valence-corrected chi connectivity index (χ4v) is 6.11. The van der Waals surface area contributed by atoms with Crippen molar-refractivity contribution in [1.82, 2.24) is 10.6 Å². The van der Waals surface area contributed by atoms with Crippen LogP contribution in [0.3, 0.4) is 0 Å². The topological polar surface area (TPSA) is 133 Å². The van der Waals surface area contributed by atoms with E-state index in [2.05, 4.69) is 35.8 Å². The highest BCUT2D eigenvalue weighted by molar-refractivity contribution is 5.89. The number of carbonyl (C=O) groups excluding carboxylic acids is 4. The van der Waals surface area contributed by atoms with Crippen molar-refractivity contribution >= 4 is 23.6 Å². The van der Waals surface area contributed by atoms with Gasteiger partial charge in [0, 0.05) is 45.7 Å². The molecule has 44 heavy (non-hydrogen) atoms. The van der Waals surface area contributed by atoms with Crippen molar-refractivity contribution in [3.05, 3.63) is 36.0 Å². The lowest BCUT2D eigenvalue weighted by atomic mass is 9.83. The first kappa shape index (κ1) is 35.7. The summed E-state index contributed by atoms with van der Waals surface area (Å²) in [7, 11) is 1.58. The zero-order valence-corrected chi connectivity index (χ0v) is 27.6. The van der Waals surface area contributed by atoms with E-state index in [1.165, 1.54) is 13.0 Å². The van der Waals surface area contributed by atoms with E-state index in [4.69, 9.17) is 18.9 Å². The van der Waals surface area contributed by atoms with Gasteiger partial charge in [0.05, 0.1) is 48.1 Å².